The van der Waals surface area contributed by atoms with E-state index in [1.165, 1.54) is 0 Å². The lowest BCUT2D eigenvalue weighted by molar-refractivity contribution is 0.366. The summed E-state index contributed by atoms with van der Waals surface area (Å²) in [5.41, 5.74) is 2.19. The number of nitrogens with zero attached hydrogens (tertiary/aromatic N) is 2. The van der Waals surface area contributed by atoms with Gasteiger partial charge in [-0.3, -0.25) is 0 Å². The Balaban J connectivity index is 2.75. The van der Waals surface area contributed by atoms with Crippen LogP contribution in [0.2, 0.25) is 0 Å². The van der Waals surface area contributed by atoms with E-state index in [0.717, 1.165) is 30.1 Å². The van der Waals surface area contributed by atoms with E-state index in [4.69, 9.17) is 4.74 Å². The summed E-state index contributed by atoms with van der Waals surface area (Å²) in [5, 5.41) is 7.78. The van der Waals surface area contributed by atoms with Gasteiger partial charge in [-0.25, -0.2) is 4.68 Å². The molecule has 1 unspecified atom stereocenters. The Bertz CT molecular complexity index is 320. The zero-order valence-electron chi connectivity index (χ0n) is 10.3. The van der Waals surface area contributed by atoms with Gasteiger partial charge < -0.3 is 10.1 Å². The summed E-state index contributed by atoms with van der Waals surface area (Å²) in [5.74, 6) is 0.850. The largest absolute Gasteiger partial charge is 0.481 e. The minimum atomic E-state index is 0.523. The summed E-state index contributed by atoms with van der Waals surface area (Å²) < 4.78 is 7.10. The Morgan fingerprint density at radius 2 is 2.20 bits per heavy atom. The number of nitrogens with one attached hydrogen (secondary N) is 1. The molecule has 0 amide bonds. The molecule has 1 aromatic rings. The van der Waals surface area contributed by atoms with Gasteiger partial charge in [0, 0.05) is 19.6 Å². The summed E-state index contributed by atoms with van der Waals surface area (Å²) in [6, 6.07) is 0.523. The van der Waals surface area contributed by atoms with Crippen LogP contribution >= 0.6 is 0 Å². The minimum absolute atomic E-state index is 0.523. The molecule has 1 atom stereocenters. The van der Waals surface area contributed by atoms with Crippen molar-refractivity contribution in [3.05, 3.63) is 11.3 Å². The predicted octanol–water partition coefficient (Wildman–Crippen LogP) is 1.63. The van der Waals surface area contributed by atoms with Crippen LogP contribution in [0.15, 0.2) is 0 Å². The molecule has 0 radical (unpaired) electrons. The molecule has 0 fully saturated rings. The van der Waals surface area contributed by atoms with Crippen molar-refractivity contribution in [2.75, 3.05) is 7.11 Å². The van der Waals surface area contributed by atoms with Gasteiger partial charge in [-0.05, 0) is 20.3 Å². The fraction of sp³-hybridized carbons (Fsp3) is 0.727. The van der Waals surface area contributed by atoms with E-state index in [1.54, 1.807) is 11.8 Å². The number of aryl methyl sites for hydroxylation is 2. The van der Waals surface area contributed by atoms with E-state index in [2.05, 4.69) is 24.3 Å². The molecule has 4 nitrogen and oxygen atoms in total. The van der Waals surface area contributed by atoms with E-state index < -0.39 is 0 Å². The lowest BCUT2D eigenvalue weighted by Gasteiger charge is -2.11. The molecule has 0 aliphatic carbocycles. The molecule has 15 heavy (non-hydrogen) atoms. The van der Waals surface area contributed by atoms with Crippen molar-refractivity contribution in [3.8, 4) is 5.88 Å². The van der Waals surface area contributed by atoms with E-state index in [1.807, 2.05) is 14.0 Å². The number of hydrogen-bond donors (Lipinski definition) is 1. The maximum absolute atomic E-state index is 5.32. The predicted molar refractivity (Wildman–Crippen MR) is 61.1 cm³/mol. The summed E-state index contributed by atoms with van der Waals surface area (Å²) in [6.07, 6.45) is 1.13. The third kappa shape index (κ3) is 2.72. The van der Waals surface area contributed by atoms with Crippen LogP contribution in [0.1, 0.15) is 31.5 Å². The van der Waals surface area contributed by atoms with Gasteiger partial charge in [0.1, 0.15) is 0 Å². The molecule has 86 valence electrons. The SMILES string of the molecule is CCC(C)NCc1c(C)nn(C)c1OC. The molecular weight excluding hydrogens is 190 g/mol. The van der Waals surface area contributed by atoms with Gasteiger partial charge >= 0.3 is 0 Å². The Hall–Kier alpha value is -1.03. The van der Waals surface area contributed by atoms with Crippen LogP contribution in [-0.4, -0.2) is 22.9 Å². The second-order valence-corrected chi connectivity index (χ2v) is 3.89. The van der Waals surface area contributed by atoms with Gasteiger partial charge in [-0.2, -0.15) is 5.10 Å². The number of methoxy groups -OCH3 is 1. The second-order valence-electron chi connectivity index (χ2n) is 3.89. The van der Waals surface area contributed by atoms with Crippen LogP contribution in [0.3, 0.4) is 0 Å². The normalized spacial score (nSPS) is 12.9. The van der Waals surface area contributed by atoms with Crippen molar-refractivity contribution in [1.29, 1.82) is 0 Å². The number of rotatable bonds is 5. The molecule has 1 aromatic heterocycles. The highest BCUT2D eigenvalue weighted by Crippen LogP contribution is 2.20. The number of aromatic nitrogens is 2. The van der Waals surface area contributed by atoms with Crippen LogP contribution in [0.5, 0.6) is 5.88 Å². The van der Waals surface area contributed by atoms with Gasteiger partial charge in [0.15, 0.2) is 0 Å². The summed E-state index contributed by atoms with van der Waals surface area (Å²) in [6.45, 7) is 7.18. The first-order valence-electron chi connectivity index (χ1n) is 5.40. The average molecular weight is 211 g/mol. The molecule has 1 heterocycles. The van der Waals surface area contributed by atoms with Crippen LogP contribution in [0, 0.1) is 6.92 Å². The smallest absolute Gasteiger partial charge is 0.216 e. The lowest BCUT2D eigenvalue weighted by atomic mass is 10.2. The zero-order chi connectivity index (χ0) is 11.4. The van der Waals surface area contributed by atoms with E-state index in [0.29, 0.717) is 6.04 Å². The molecule has 0 saturated heterocycles. The highest BCUT2D eigenvalue weighted by atomic mass is 16.5. The molecule has 1 rings (SSSR count). The summed E-state index contributed by atoms with van der Waals surface area (Å²) in [4.78, 5) is 0. The maximum Gasteiger partial charge on any atom is 0.216 e. The average Bonchev–Trinajstić information content (AvgIpc) is 2.49. The highest BCUT2D eigenvalue weighted by molar-refractivity contribution is 5.30. The first-order chi connectivity index (χ1) is 7.10. The first-order valence-corrected chi connectivity index (χ1v) is 5.40. The van der Waals surface area contributed by atoms with Crippen molar-refractivity contribution in [3.63, 3.8) is 0 Å². The van der Waals surface area contributed by atoms with Gasteiger partial charge in [-0.1, -0.05) is 6.92 Å². The van der Waals surface area contributed by atoms with E-state index >= 15 is 0 Å². The summed E-state index contributed by atoms with van der Waals surface area (Å²) in [7, 11) is 3.59. The fourth-order valence-electron chi connectivity index (χ4n) is 1.56. The number of ether oxygens (including phenoxy) is 1. The Kier molecular flexibility index (Phi) is 4.15. The molecule has 0 spiro atoms. The quantitative estimate of drug-likeness (QED) is 0.804. The van der Waals surface area contributed by atoms with Gasteiger partial charge in [-0.15, -0.1) is 0 Å². The third-order valence-corrected chi connectivity index (χ3v) is 2.72. The van der Waals surface area contributed by atoms with Crippen molar-refractivity contribution in [2.45, 2.75) is 39.8 Å². The molecule has 1 N–H and O–H groups in total. The van der Waals surface area contributed by atoms with Crippen LogP contribution in [-0.2, 0) is 13.6 Å². The van der Waals surface area contributed by atoms with Crippen molar-refractivity contribution >= 4 is 0 Å². The van der Waals surface area contributed by atoms with Crippen molar-refractivity contribution in [2.24, 2.45) is 7.05 Å². The standard InChI is InChI=1S/C11H21N3O/c1-6-8(2)12-7-10-9(3)13-14(4)11(10)15-5/h8,12H,6-7H2,1-5H3. The van der Waals surface area contributed by atoms with Crippen molar-refractivity contribution in [1.82, 2.24) is 15.1 Å². The number of hydrogen-bond acceptors (Lipinski definition) is 3. The highest BCUT2D eigenvalue weighted by Gasteiger charge is 2.13. The van der Waals surface area contributed by atoms with Crippen LogP contribution in [0.4, 0.5) is 0 Å². The molecule has 4 heteroatoms. The molecule has 0 saturated carbocycles. The topological polar surface area (TPSA) is 39.1 Å². The molecule has 0 aliphatic heterocycles. The van der Waals surface area contributed by atoms with Crippen LogP contribution < -0.4 is 10.1 Å². The van der Waals surface area contributed by atoms with E-state index in [-0.39, 0.29) is 0 Å². The van der Waals surface area contributed by atoms with Crippen LogP contribution in [0.25, 0.3) is 0 Å². The minimum Gasteiger partial charge on any atom is -0.481 e. The second kappa shape index (κ2) is 5.16. The Morgan fingerprint density at radius 3 is 2.73 bits per heavy atom. The molecule has 0 aromatic carbocycles. The summed E-state index contributed by atoms with van der Waals surface area (Å²) >= 11 is 0. The van der Waals surface area contributed by atoms with Crippen molar-refractivity contribution < 1.29 is 4.74 Å². The fourth-order valence-corrected chi connectivity index (χ4v) is 1.56. The van der Waals surface area contributed by atoms with Gasteiger partial charge in [0.2, 0.25) is 5.88 Å². The Labute approximate surface area is 91.6 Å². The third-order valence-electron chi connectivity index (χ3n) is 2.72. The lowest BCUT2D eigenvalue weighted by Crippen LogP contribution is -2.24. The van der Waals surface area contributed by atoms with Gasteiger partial charge in [0.05, 0.1) is 18.4 Å². The molecular formula is C11H21N3O. The first kappa shape index (κ1) is 12.0. The monoisotopic (exact) mass is 211 g/mol. The zero-order valence-corrected chi connectivity index (χ0v) is 10.3. The van der Waals surface area contributed by atoms with Gasteiger partial charge in [0.25, 0.3) is 0 Å². The molecule has 0 aliphatic rings. The molecule has 0 bridgehead atoms. The maximum atomic E-state index is 5.32. The van der Waals surface area contributed by atoms with E-state index in [9.17, 15) is 0 Å². The Morgan fingerprint density at radius 1 is 1.53 bits per heavy atom.